The number of anilines is 1. The van der Waals surface area contributed by atoms with Gasteiger partial charge in [-0.2, -0.15) is 4.98 Å². The molecule has 1 unspecified atom stereocenters. The second kappa shape index (κ2) is 12.1. The Kier molecular flexibility index (Phi) is 8.87. The van der Waals surface area contributed by atoms with Crippen LogP contribution in [0.3, 0.4) is 0 Å². The van der Waals surface area contributed by atoms with Crippen LogP contribution >= 0.6 is 0 Å². The molecule has 200 valence electrons. The number of aromatic nitrogens is 3. The van der Waals surface area contributed by atoms with Crippen molar-refractivity contribution in [1.82, 2.24) is 19.4 Å². The van der Waals surface area contributed by atoms with Gasteiger partial charge in [-0.1, -0.05) is 25.8 Å². The van der Waals surface area contributed by atoms with Gasteiger partial charge in [-0.05, 0) is 76.1 Å². The van der Waals surface area contributed by atoms with Crippen molar-refractivity contribution in [2.75, 3.05) is 38.6 Å². The fourth-order valence-corrected chi connectivity index (χ4v) is 5.84. The van der Waals surface area contributed by atoms with Crippen molar-refractivity contribution < 1.29 is 9.90 Å². The molecule has 0 aromatic carbocycles. The number of β-amino-alcohol motifs (C(OH)–C–C–N with tert-alkyl or cyclic N) is 1. The molecular weight excluding hydrogens is 468 g/mol. The highest BCUT2D eigenvalue weighted by atomic mass is 16.3. The summed E-state index contributed by atoms with van der Waals surface area (Å²) in [6.45, 7) is 8.49. The number of aryl methyl sites for hydroxylation is 1. The Morgan fingerprint density at radius 2 is 1.97 bits per heavy atom. The Bertz CT molecular complexity index is 1240. The van der Waals surface area contributed by atoms with Gasteiger partial charge in [0.05, 0.1) is 12.2 Å². The molecule has 1 saturated carbocycles. The zero-order valence-corrected chi connectivity index (χ0v) is 22.5. The number of aliphatic imine (C=N–C) groups is 1. The lowest BCUT2D eigenvalue weighted by Gasteiger charge is -2.33. The summed E-state index contributed by atoms with van der Waals surface area (Å²) in [4.78, 5) is 41.7. The van der Waals surface area contributed by atoms with Gasteiger partial charge in [0.1, 0.15) is 11.5 Å². The fourth-order valence-electron chi connectivity index (χ4n) is 5.84. The summed E-state index contributed by atoms with van der Waals surface area (Å²) in [5, 5.41) is 13.1. The first-order chi connectivity index (χ1) is 17.8. The average Bonchev–Trinajstić information content (AvgIpc) is 3.41. The van der Waals surface area contributed by atoms with Crippen molar-refractivity contribution in [3.8, 4) is 0 Å². The van der Waals surface area contributed by atoms with Crippen LogP contribution < -0.4 is 10.9 Å². The number of hydrogen-bond acceptors (Lipinski definition) is 7. The lowest BCUT2D eigenvalue weighted by Crippen LogP contribution is -2.37. The van der Waals surface area contributed by atoms with Gasteiger partial charge in [-0.15, -0.1) is 0 Å². The van der Waals surface area contributed by atoms with E-state index in [9.17, 15) is 9.59 Å². The lowest BCUT2D eigenvalue weighted by molar-refractivity contribution is 0.101. The van der Waals surface area contributed by atoms with E-state index < -0.39 is 0 Å². The van der Waals surface area contributed by atoms with E-state index in [1.54, 1.807) is 24.7 Å². The van der Waals surface area contributed by atoms with Crippen LogP contribution in [0.25, 0.3) is 11.0 Å². The van der Waals surface area contributed by atoms with Crippen LogP contribution in [0.4, 0.5) is 5.95 Å². The van der Waals surface area contributed by atoms with Gasteiger partial charge in [0.25, 0.3) is 5.56 Å². The largest absolute Gasteiger partial charge is 0.395 e. The average molecular weight is 509 g/mol. The molecule has 2 fully saturated rings. The second-order valence-electron chi connectivity index (χ2n) is 10.5. The van der Waals surface area contributed by atoms with Crippen molar-refractivity contribution in [1.29, 1.82) is 0 Å². The highest BCUT2D eigenvalue weighted by molar-refractivity contribution is 6.03. The van der Waals surface area contributed by atoms with Crippen LogP contribution in [0, 0.1) is 18.8 Å². The maximum absolute atomic E-state index is 13.4. The first-order valence-electron chi connectivity index (χ1n) is 13.5. The van der Waals surface area contributed by atoms with E-state index in [2.05, 4.69) is 33.2 Å². The number of hydrogen-bond donors (Lipinski definition) is 2. The predicted octanol–water partition coefficient (Wildman–Crippen LogP) is 3.75. The summed E-state index contributed by atoms with van der Waals surface area (Å²) in [7, 11) is 1.73. The van der Waals surface area contributed by atoms with Gasteiger partial charge < -0.3 is 15.3 Å². The minimum absolute atomic E-state index is 0.0419. The maximum Gasteiger partial charge on any atom is 0.263 e. The van der Waals surface area contributed by atoms with Crippen LogP contribution in [0.15, 0.2) is 28.1 Å². The Hall–Kier alpha value is -2.91. The molecule has 0 bridgehead atoms. The highest BCUT2D eigenvalue weighted by Gasteiger charge is 2.26. The SMILES string of the molecule is CN=C(/C=C\C(C)C1CCN(CCO)CC1)Nc1ncc2c(C)c(C(C)=O)c(=O)n(C3CCCC3)c2n1. The van der Waals surface area contributed by atoms with Crippen LogP contribution in [-0.4, -0.2) is 69.4 Å². The number of nitrogens with one attached hydrogen (secondary N) is 1. The van der Waals surface area contributed by atoms with Crippen molar-refractivity contribution in [2.45, 2.75) is 65.3 Å². The van der Waals surface area contributed by atoms with E-state index in [4.69, 9.17) is 10.1 Å². The summed E-state index contributed by atoms with van der Waals surface area (Å²) in [5.41, 5.74) is 1.19. The quantitative estimate of drug-likeness (QED) is 0.317. The van der Waals surface area contributed by atoms with Gasteiger partial charge in [-0.3, -0.25) is 19.1 Å². The number of Topliss-reactive ketones (excluding diaryl/α,β-unsaturated/α-hetero) is 1. The van der Waals surface area contributed by atoms with Crippen molar-refractivity contribution in [3.63, 3.8) is 0 Å². The third kappa shape index (κ3) is 5.99. The third-order valence-corrected chi connectivity index (χ3v) is 8.08. The molecule has 37 heavy (non-hydrogen) atoms. The van der Waals surface area contributed by atoms with Gasteiger partial charge >= 0.3 is 0 Å². The number of rotatable bonds is 8. The number of likely N-dealkylation sites (tertiary alicyclic amines) is 1. The molecule has 9 heteroatoms. The van der Waals surface area contributed by atoms with Gasteiger partial charge in [-0.25, -0.2) is 4.98 Å². The summed E-state index contributed by atoms with van der Waals surface area (Å²) in [6, 6.07) is 0.0419. The number of carbonyl (C=O) groups excluding carboxylic acids is 1. The monoisotopic (exact) mass is 508 g/mol. The molecule has 0 radical (unpaired) electrons. The molecule has 2 aromatic heterocycles. The van der Waals surface area contributed by atoms with E-state index >= 15 is 0 Å². The number of allylic oxidation sites excluding steroid dienone is 1. The molecule has 4 rings (SSSR count). The van der Waals surface area contributed by atoms with Crippen LogP contribution in [0.1, 0.15) is 74.3 Å². The van der Waals surface area contributed by atoms with Crippen molar-refractivity contribution in [3.05, 3.63) is 39.8 Å². The third-order valence-electron chi connectivity index (χ3n) is 8.08. The topological polar surface area (TPSA) is 113 Å². The minimum Gasteiger partial charge on any atom is -0.395 e. The molecule has 3 heterocycles. The fraction of sp³-hybridized carbons (Fsp3) is 0.607. The van der Waals surface area contributed by atoms with Gasteiger partial charge in [0.2, 0.25) is 5.95 Å². The molecule has 1 aliphatic carbocycles. The number of aliphatic hydroxyl groups is 1. The van der Waals surface area contributed by atoms with Gasteiger partial charge in [0.15, 0.2) is 5.78 Å². The number of fused-ring (bicyclic) bond motifs is 1. The van der Waals surface area contributed by atoms with E-state index in [0.29, 0.717) is 34.8 Å². The predicted molar refractivity (Wildman–Crippen MR) is 148 cm³/mol. The number of ketones is 1. The number of amidine groups is 1. The Morgan fingerprint density at radius 3 is 2.59 bits per heavy atom. The number of aliphatic hydroxyl groups excluding tert-OH is 1. The first-order valence-corrected chi connectivity index (χ1v) is 13.5. The number of nitrogens with zero attached hydrogens (tertiary/aromatic N) is 5. The Balaban J connectivity index is 1.56. The van der Waals surface area contributed by atoms with Gasteiger partial charge in [0, 0.05) is 31.2 Å². The molecule has 1 atom stereocenters. The summed E-state index contributed by atoms with van der Waals surface area (Å²) < 4.78 is 1.72. The smallest absolute Gasteiger partial charge is 0.263 e. The number of carbonyl (C=O) groups is 1. The van der Waals surface area contributed by atoms with Crippen molar-refractivity contribution >= 4 is 28.6 Å². The zero-order valence-electron chi connectivity index (χ0n) is 22.5. The van der Waals surface area contributed by atoms with E-state index in [1.807, 2.05) is 6.08 Å². The number of pyridine rings is 1. The molecule has 2 aliphatic rings. The standard InChI is InChI=1S/C28H40N6O3/c1-18(21-11-13-33(14-12-21)15-16-35)9-10-24(29-4)31-28-30-17-23-19(2)25(20(3)36)27(37)34(26(23)32-28)22-7-5-6-8-22/h9-10,17-18,21-22,35H,5-8,11-16H2,1-4H3,(H,29,30,31,32)/b10-9-. The Morgan fingerprint density at radius 1 is 1.27 bits per heavy atom. The van der Waals surface area contributed by atoms with Crippen molar-refractivity contribution in [2.24, 2.45) is 16.8 Å². The highest BCUT2D eigenvalue weighted by Crippen LogP contribution is 2.32. The van der Waals surface area contributed by atoms with E-state index in [-0.39, 0.29) is 29.6 Å². The summed E-state index contributed by atoms with van der Waals surface area (Å²) >= 11 is 0. The molecule has 1 aliphatic heterocycles. The minimum atomic E-state index is -0.253. The van der Waals surface area contributed by atoms with E-state index in [1.165, 1.54) is 6.92 Å². The molecule has 1 saturated heterocycles. The normalized spacial score (nSPS) is 19.2. The lowest BCUT2D eigenvalue weighted by atomic mass is 9.85. The maximum atomic E-state index is 13.4. The summed E-state index contributed by atoms with van der Waals surface area (Å²) in [6.07, 6.45) is 12.0. The number of piperidine rings is 1. The Labute approximate surface area is 218 Å². The molecule has 0 spiro atoms. The van der Waals surface area contributed by atoms with Crippen LogP contribution in [0.5, 0.6) is 0 Å². The molecule has 9 nitrogen and oxygen atoms in total. The molecule has 2 aromatic rings. The van der Waals surface area contributed by atoms with Crippen LogP contribution in [0.2, 0.25) is 0 Å². The molecule has 2 N–H and O–H groups in total. The second-order valence-corrected chi connectivity index (χ2v) is 10.5. The van der Waals surface area contributed by atoms with Crippen LogP contribution in [-0.2, 0) is 0 Å². The zero-order chi connectivity index (χ0) is 26.5. The van der Waals surface area contributed by atoms with E-state index in [0.717, 1.165) is 63.5 Å². The molecular formula is C28H40N6O3. The summed E-state index contributed by atoms with van der Waals surface area (Å²) in [5.74, 6) is 1.80. The molecule has 0 amide bonds. The first kappa shape index (κ1) is 27.1.